The van der Waals surface area contributed by atoms with Gasteiger partial charge in [0.05, 0.1) is 13.7 Å². The van der Waals surface area contributed by atoms with E-state index in [4.69, 9.17) is 14.2 Å². The standard InChI is InChI=1S/C37H42N2O5/c1-37(2,3)29-12-17-31(18-13-29)44-32-16-11-27-24-38-33(23-28(27)22-32)35(40)39-34(36(41)42-4)21-26-9-14-30(15-10-26)43-20-19-25-7-5-6-8-25/h9-18,22-25,34H,5-8,19-21H2,1-4H3,(H,39,40)/t34-/m0/s1. The predicted octanol–water partition coefficient (Wildman–Crippen LogP) is 7.80. The zero-order valence-electron chi connectivity index (χ0n) is 26.1. The summed E-state index contributed by atoms with van der Waals surface area (Å²) in [6.07, 6.45) is 8.28. The highest BCUT2D eigenvalue weighted by atomic mass is 16.5. The number of pyridine rings is 1. The molecular formula is C37H42N2O5. The number of rotatable bonds is 11. The van der Waals surface area contributed by atoms with Gasteiger partial charge in [-0.25, -0.2) is 4.79 Å². The number of carbonyl (C=O) groups is 2. The second-order valence-electron chi connectivity index (χ2n) is 12.6. The Bertz CT molecular complexity index is 1570. The molecule has 44 heavy (non-hydrogen) atoms. The minimum Gasteiger partial charge on any atom is -0.494 e. The average Bonchev–Trinajstić information content (AvgIpc) is 3.54. The number of nitrogens with zero attached hydrogens (tertiary/aromatic N) is 1. The number of carbonyl (C=O) groups excluding carboxylic acids is 2. The highest BCUT2D eigenvalue weighted by Gasteiger charge is 2.24. The summed E-state index contributed by atoms with van der Waals surface area (Å²) in [5, 5.41) is 4.48. The van der Waals surface area contributed by atoms with Crippen molar-refractivity contribution in [3.63, 3.8) is 0 Å². The highest BCUT2D eigenvalue weighted by molar-refractivity contribution is 5.98. The van der Waals surface area contributed by atoms with E-state index in [2.05, 4.69) is 43.2 Å². The molecule has 0 radical (unpaired) electrons. The lowest BCUT2D eigenvalue weighted by molar-refractivity contribution is -0.142. The first-order valence-corrected chi connectivity index (χ1v) is 15.5. The minimum absolute atomic E-state index is 0.0613. The number of hydrogen-bond acceptors (Lipinski definition) is 6. The van der Waals surface area contributed by atoms with Crippen LogP contribution in [0.15, 0.2) is 79.0 Å². The summed E-state index contributed by atoms with van der Waals surface area (Å²) >= 11 is 0. The molecule has 7 nitrogen and oxygen atoms in total. The lowest BCUT2D eigenvalue weighted by atomic mass is 9.87. The van der Waals surface area contributed by atoms with E-state index in [1.54, 1.807) is 12.3 Å². The summed E-state index contributed by atoms with van der Waals surface area (Å²) in [6.45, 7) is 7.23. The topological polar surface area (TPSA) is 86.8 Å². The molecule has 1 amide bonds. The van der Waals surface area contributed by atoms with Crippen molar-refractivity contribution in [2.75, 3.05) is 13.7 Å². The Labute approximate surface area is 259 Å². The Balaban J connectivity index is 1.22. The lowest BCUT2D eigenvalue weighted by Gasteiger charge is -2.19. The third-order valence-electron chi connectivity index (χ3n) is 8.31. The first-order chi connectivity index (χ1) is 21.2. The Kier molecular flexibility index (Phi) is 9.83. The van der Waals surface area contributed by atoms with Crippen LogP contribution in [0.3, 0.4) is 0 Å². The van der Waals surface area contributed by atoms with Crippen LogP contribution in [0.1, 0.15) is 74.5 Å². The monoisotopic (exact) mass is 594 g/mol. The smallest absolute Gasteiger partial charge is 0.328 e. The van der Waals surface area contributed by atoms with E-state index in [-0.39, 0.29) is 17.5 Å². The van der Waals surface area contributed by atoms with E-state index in [9.17, 15) is 9.59 Å². The fourth-order valence-electron chi connectivity index (χ4n) is 5.63. The third kappa shape index (κ3) is 8.16. The number of ether oxygens (including phenoxy) is 3. The van der Waals surface area contributed by atoms with E-state index in [0.29, 0.717) is 12.4 Å². The molecule has 1 fully saturated rings. The fraction of sp³-hybridized carbons (Fsp3) is 0.378. The van der Waals surface area contributed by atoms with Crippen LogP contribution in [0.25, 0.3) is 10.8 Å². The van der Waals surface area contributed by atoms with E-state index < -0.39 is 17.9 Å². The van der Waals surface area contributed by atoms with Gasteiger partial charge in [0.2, 0.25) is 0 Å². The van der Waals surface area contributed by atoms with Crippen molar-refractivity contribution >= 4 is 22.6 Å². The van der Waals surface area contributed by atoms with Gasteiger partial charge in [0.15, 0.2) is 0 Å². The number of methoxy groups -OCH3 is 1. The van der Waals surface area contributed by atoms with E-state index in [1.165, 1.54) is 38.4 Å². The summed E-state index contributed by atoms with van der Waals surface area (Å²) in [5.41, 5.74) is 2.37. The van der Waals surface area contributed by atoms with Gasteiger partial charge in [-0.1, -0.05) is 70.7 Å². The van der Waals surface area contributed by atoms with Gasteiger partial charge < -0.3 is 19.5 Å². The molecule has 1 atom stereocenters. The summed E-state index contributed by atoms with van der Waals surface area (Å²) in [6, 6.07) is 22.2. The summed E-state index contributed by atoms with van der Waals surface area (Å²) < 4.78 is 17.0. The Morgan fingerprint density at radius 1 is 0.886 bits per heavy atom. The largest absolute Gasteiger partial charge is 0.494 e. The molecule has 4 aromatic rings. The van der Waals surface area contributed by atoms with Gasteiger partial charge in [0, 0.05) is 18.0 Å². The molecule has 0 unspecified atom stereocenters. The van der Waals surface area contributed by atoms with Crippen LogP contribution < -0.4 is 14.8 Å². The molecule has 0 spiro atoms. The molecule has 1 aliphatic carbocycles. The van der Waals surface area contributed by atoms with Gasteiger partial charge in [-0.15, -0.1) is 0 Å². The number of aromatic nitrogens is 1. The van der Waals surface area contributed by atoms with E-state index in [0.717, 1.165) is 40.2 Å². The van der Waals surface area contributed by atoms with Crippen molar-refractivity contribution in [3.05, 3.63) is 95.8 Å². The van der Waals surface area contributed by atoms with Crippen LogP contribution in [-0.2, 0) is 21.4 Å². The van der Waals surface area contributed by atoms with Crippen molar-refractivity contribution in [2.45, 2.75) is 70.8 Å². The number of benzene rings is 3. The molecule has 0 bridgehead atoms. The zero-order chi connectivity index (χ0) is 31.1. The van der Waals surface area contributed by atoms with Crippen LogP contribution in [0.5, 0.6) is 17.2 Å². The summed E-state index contributed by atoms with van der Waals surface area (Å²) in [5.74, 6) is 1.98. The predicted molar refractivity (Wildman–Crippen MR) is 172 cm³/mol. The van der Waals surface area contributed by atoms with Crippen LogP contribution in [0, 0.1) is 5.92 Å². The van der Waals surface area contributed by atoms with Crippen LogP contribution in [0.4, 0.5) is 0 Å². The molecule has 5 rings (SSSR count). The molecule has 7 heteroatoms. The molecule has 1 saturated carbocycles. The zero-order valence-corrected chi connectivity index (χ0v) is 26.1. The molecular weight excluding hydrogens is 552 g/mol. The van der Waals surface area contributed by atoms with Crippen molar-refractivity contribution in [1.82, 2.24) is 10.3 Å². The molecule has 230 valence electrons. The maximum atomic E-state index is 13.2. The van der Waals surface area contributed by atoms with Crippen molar-refractivity contribution in [1.29, 1.82) is 0 Å². The quantitative estimate of drug-likeness (QED) is 0.178. The third-order valence-corrected chi connectivity index (χ3v) is 8.31. The number of amides is 1. The van der Waals surface area contributed by atoms with Crippen LogP contribution in [0.2, 0.25) is 0 Å². The highest BCUT2D eigenvalue weighted by Crippen LogP contribution is 2.29. The second-order valence-corrected chi connectivity index (χ2v) is 12.6. The van der Waals surface area contributed by atoms with Gasteiger partial charge >= 0.3 is 5.97 Å². The first-order valence-electron chi connectivity index (χ1n) is 15.5. The van der Waals surface area contributed by atoms with Crippen molar-refractivity contribution in [2.24, 2.45) is 5.92 Å². The lowest BCUT2D eigenvalue weighted by Crippen LogP contribution is -2.43. The van der Waals surface area contributed by atoms with Gasteiger partial charge in [-0.2, -0.15) is 0 Å². The van der Waals surface area contributed by atoms with Crippen LogP contribution >= 0.6 is 0 Å². The first kappa shape index (κ1) is 31.0. The number of nitrogens with one attached hydrogen (secondary N) is 1. The van der Waals surface area contributed by atoms with E-state index in [1.807, 2.05) is 54.6 Å². The second kappa shape index (κ2) is 13.9. The number of hydrogen-bond donors (Lipinski definition) is 1. The van der Waals surface area contributed by atoms with Gasteiger partial charge in [-0.05, 0) is 82.8 Å². The number of fused-ring (bicyclic) bond motifs is 1. The van der Waals surface area contributed by atoms with E-state index >= 15 is 0 Å². The van der Waals surface area contributed by atoms with Crippen molar-refractivity contribution < 1.29 is 23.8 Å². The van der Waals surface area contributed by atoms with Crippen LogP contribution in [-0.4, -0.2) is 36.6 Å². The minimum atomic E-state index is -0.870. The van der Waals surface area contributed by atoms with Gasteiger partial charge in [0.1, 0.15) is 29.0 Å². The normalized spacial score (nSPS) is 14.3. The Morgan fingerprint density at radius 3 is 2.25 bits per heavy atom. The molecule has 1 aliphatic rings. The molecule has 1 heterocycles. The molecule has 3 aromatic carbocycles. The Morgan fingerprint density at radius 2 is 1.57 bits per heavy atom. The average molecular weight is 595 g/mol. The molecule has 1 N–H and O–H groups in total. The Hall–Kier alpha value is -4.39. The fourth-order valence-corrected chi connectivity index (χ4v) is 5.63. The van der Waals surface area contributed by atoms with Gasteiger partial charge in [0.25, 0.3) is 5.91 Å². The maximum absolute atomic E-state index is 13.2. The SMILES string of the molecule is COC(=O)[C@H](Cc1ccc(OCCC2CCCC2)cc1)NC(=O)c1cc2cc(Oc3ccc(C(C)(C)C)cc3)ccc2cn1. The number of esters is 1. The summed E-state index contributed by atoms with van der Waals surface area (Å²) in [7, 11) is 1.31. The molecule has 0 saturated heterocycles. The molecule has 1 aromatic heterocycles. The summed E-state index contributed by atoms with van der Waals surface area (Å²) in [4.78, 5) is 30.2. The van der Waals surface area contributed by atoms with Crippen molar-refractivity contribution in [3.8, 4) is 17.2 Å². The van der Waals surface area contributed by atoms with Gasteiger partial charge in [-0.3, -0.25) is 9.78 Å². The maximum Gasteiger partial charge on any atom is 0.328 e. The molecule has 0 aliphatic heterocycles.